The van der Waals surface area contributed by atoms with E-state index in [0.29, 0.717) is 11.8 Å². The molecule has 2 fully saturated rings. The van der Waals surface area contributed by atoms with Crippen LogP contribution in [-0.2, 0) is 11.2 Å². The molecule has 1 aromatic rings. The molecule has 1 atom stereocenters. The van der Waals surface area contributed by atoms with Crippen molar-refractivity contribution >= 4 is 5.78 Å². The number of nitrogens with zero attached hydrogens (tertiary/aromatic N) is 2. The molecule has 1 unspecified atom stereocenters. The van der Waals surface area contributed by atoms with Gasteiger partial charge in [-0.1, -0.05) is 12.8 Å². The number of carbonyl (C=O) groups excluding carboxylic acids is 1. The smallest absolute Gasteiger partial charge is 0.136 e. The lowest BCUT2D eigenvalue weighted by molar-refractivity contribution is -0.120. The van der Waals surface area contributed by atoms with E-state index in [1.807, 2.05) is 0 Å². The summed E-state index contributed by atoms with van der Waals surface area (Å²) < 4.78 is 2.13. The Bertz CT molecular complexity index is 404. The van der Waals surface area contributed by atoms with Crippen molar-refractivity contribution in [3.05, 3.63) is 18.0 Å². The Morgan fingerprint density at radius 2 is 2.06 bits per heavy atom. The molecule has 3 heteroatoms. The number of hydrogen-bond acceptors (Lipinski definition) is 2. The fourth-order valence-electron chi connectivity index (χ4n) is 3.21. The van der Waals surface area contributed by atoms with Gasteiger partial charge in [0.15, 0.2) is 0 Å². The SMILES string of the molecule is O=C1CCCC1Cc1ccn(C2CCCC2)n1. The van der Waals surface area contributed by atoms with E-state index in [0.717, 1.165) is 31.4 Å². The maximum absolute atomic E-state index is 11.6. The van der Waals surface area contributed by atoms with Crippen LogP contribution in [0.2, 0.25) is 0 Å². The molecule has 0 amide bonds. The zero-order valence-electron chi connectivity index (χ0n) is 10.3. The Hall–Kier alpha value is -1.12. The molecule has 92 valence electrons. The lowest BCUT2D eigenvalue weighted by atomic mass is 10.0. The molecule has 2 aliphatic rings. The summed E-state index contributed by atoms with van der Waals surface area (Å²) in [6.07, 6.45) is 11.1. The summed E-state index contributed by atoms with van der Waals surface area (Å²) in [5, 5.41) is 4.65. The minimum atomic E-state index is 0.252. The minimum absolute atomic E-state index is 0.252. The fourth-order valence-corrected chi connectivity index (χ4v) is 3.21. The highest BCUT2D eigenvalue weighted by atomic mass is 16.1. The second-order valence-electron chi connectivity index (χ2n) is 5.48. The van der Waals surface area contributed by atoms with Gasteiger partial charge in [0.25, 0.3) is 0 Å². The molecular formula is C14H20N2O. The maximum Gasteiger partial charge on any atom is 0.136 e. The Morgan fingerprint density at radius 1 is 1.24 bits per heavy atom. The predicted molar refractivity (Wildman–Crippen MR) is 65.8 cm³/mol. The highest BCUT2D eigenvalue weighted by molar-refractivity contribution is 5.83. The number of ketones is 1. The summed E-state index contributed by atoms with van der Waals surface area (Å²) in [4.78, 5) is 11.6. The van der Waals surface area contributed by atoms with E-state index in [9.17, 15) is 4.79 Å². The maximum atomic E-state index is 11.6. The first-order chi connectivity index (χ1) is 8.33. The predicted octanol–water partition coefficient (Wildman–Crippen LogP) is 2.91. The van der Waals surface area contributed by atoms with E-state index in [4.69, 9.17) is 0 Å². The number of carbonyl (C=O) groups is 1. The third-order valence-electron chi connectivity index (χ3n) is 4.25. The Kier molecular flexibility index (Phi) is 3.00. The largest absolute Gasteiger partial charge is 0.299 e. The number of rotatable bonds is 3. The average Bonchev–Trinajstić information content (AvgIpc) is 3.02. The van der Waals surface area contributed by atoms with Gasteiger partial charge in [-0.3, -0.25) is 9.48 Å². The van der Waals surface area contributed by atoms with Crippen LogP contribution in [0.25, 0.3) is 0 Å². The summed E-state index contributed by atoms with van der Waals surface area (Å²) in [6.45, 7) is 0. The van der Waals surface area contributed by atoms with E-state index in [-0.39, 0.29) is 5.92 Å². The van der Waals surface area contributed by atoms with Crippen molar-refractivity contribution in [1.82, 2.24) is 9.78 Å². The molecule has 0 spiro atoms. The van der Waals surface area contributed by atoms with Crippen LogP contribution in [0.15, 0.2) is 12.3 Å². The molecule has 3 nitrogen and oxygen atoms in total. The van der Waals surface area contributed by atoms with Gasteiger partial charge in [0.1, 0.15) is 5.78 Å². The molecule has 0 aromatic carbocycles. The summed E-state index contributed by atoms with van der Waals surface area (Å²) >= 11 is 0. The van der Waals surface area contributed by atoms with E-state index < -0.39 is 0 Å². The molecule has 17 heavy (non-hydrogen) atoms. The topological polar surface area (TPSA) is 34.9 Å². The van der Waals surface area contributed by atoms with E-state index in [2.05, 4.69) is 22.0 Å². The van der Waals surface area contributed by atoms with E-state index in [1.54, 1.807) is 0 Å². The van der Waals surface area contributed by atoms with Crippen LogP contribution in [0, 0.1) is 5.92 Å². The molecule has 2 saturated carbocycles. The van der Waals surface area contributed by atoms with Gasteiger partial charge in [0.05, 0.1) is 11.7 Å². The highest BCUT2D eigenvalue weighted by Crippen LogP contribution is 2.29. The van der Waals surface area contributed by atoms with Crippen LogP contribution in [0.4, 0.5) is 0 Å². The fraction of sp³-hybridized carbons (Fsp3) is 0.714. The molecule has 0 aliphatic heterocycles. The van der Waals surface area contributed by atoms with Gasteiger partial charge >= 0.3 is 0 Å². The highest BCUT2D eigenvalue weighted by Gasteiger charge is 2.25. The van der Waals surface area contributed by atoms with Crippen molar-refractivity contribution in [3.63, 3.8) is 0 Å². The molecule has 1 heterocycles. The Labute approximate surface area is 102 Å². The van der Waals surface area contributed by atoms with Gasteiger partial charge in [0.2, 0.25) is 0 Å². The number of hydrogen-bond donors (Lipinski definition) is 0. The monoisotopic (exact) mass is 232 g/mol. The van der Waals surface area contributed by atoms with Crippen molar-refractivity contribution in [2.24, 2.45) is 5.92 Å². The molecule has 1 aromatic heterocycles. The first-order valence-corrected chi connectivity index (χ1v) is 6.89. The quantitative estimate of drug-likeness (QED) is 0.803. The van der Waals surface area contributed by atoms with Gasteiger partial charge in [-0.15, -0.1) is 0 Å². The van der Waals surface area contributed by atoms with Gasteiger partial charge < -0.3 is 0 Å². The second-order valence-corrected chi connectivity index (χ2v) is 5.48. The summed E-state index contributed by atoms with van der Waals surface area (Å²) in [5.41, 5.74) is 1.11. The third-order valence-corrected chi connectivity index (χ3v) is 4.25. The lowest BCUT2D eigenvalue weighted by Crippen LogP contribution is -2.11. The van der Waals surface area contributed by atoms with E-state index in [1.165, 1.54) is 25.7 Å². The second kappa shape index (κ2) is 4.63. The first-order valence-electron chi connectivity index (χ1n) is 6.89. The van der Waals surface area contributed by atoms with Crippen LogP contribution in [0.3, 0.4) is 0 Å². The lowest BCUT2D eigenvalue weighted by Gasteiger charge is -2.09. The molecule has 0 N–H and O–H groups in total. The standard InChI is InChI=1S/C14H20N2O/c17-14-7-3-4-11(14)10-12-8-9-16(15-12)13-5-1-2-6-13/h8-9,11,13H,1-7,10H2. The van der Waals surface area contributed by atoms with Crippen LogP contribution < -0.4 is 0 Å². The number of Topliss-reactive ketones (excluding diaryl/α,β-unsaturated/α-hetero) is 1. The van der Waals surface area contributed by atoms with Gasteiger partial charge in [-0.2, -0.15) is 5.10 Å². The van der Waals surface area contributed by atoms with Crippen LogP contribution in [0.5, 0.6) is 0 Å². The zero-order valence-corrected chi connectivity index (χ0v) is 10.3. The molecule has 0 radical (unpaired) electrons. The summed E-state index contributed by atoms with van der Waals surface area (Å²) in [5.74, 6) is 0.697. The van der Waals surface area contributed by atoms with Gasteiger partial charge in [0, 0.05) is 25.0 Å². The minimum Gasteiger partial charge on any atom is -0.299 e. The van der Waals surface area contributed by atoms with Crippen LogP contribution in [0.1, 0.15) is 56.7 Å². The van der Waals surface area contributed by atoms with Crippen molar-refractivity contribution in [2.75, 3.05) is 0 Å². The van der Waals surface area contributed by atoms with Gasteiger partial charge in [-0.25, -0.2) is 0 Å². The third kappa shape index (κ3) is 2.28. The average molecular weight is 232 g/mol. The van der Waals surface area contributed by atoms with Crippen molar-refractivity contribution in [3.8, 4) is 0 Å². The zero-order chi connectivity index (χ0) is 11.7. The van der Waals surface area contributed by atoms with Crippen LogP contribution in [-0.4, -0.2) is 15.6 Å². The van der Waals surface area contributed by atoms with E-state index >= 15 is 0 Å². The molecule has 0 bridgehead atoms. The summed E-state index contributed by atoms with van der Waals surface area (Å²) in [7, 11) is 0. The van der Waals surface area contributed by atoms with Crippen LogP contribution >= 0.6 is 0 Å². The Morgan fingerprint density at radius 3 is 2.76 bits per heavy atom. The van der Waals surface area contributed by atoms with Gasteiger partial charge in [-0.05, 0) is 31.7 Å². The molecular weight excluding hydrogens is 212 g/mol. The van der Waals surface area contributed by atoms with Crippen molar-refractivity contribution < 1.29 is 4.79 Å². The Balaban J connectivity index is 1.65. The summed E-state index contributed by atoms with van der Waals surface area (Å²) in [6, 6.07) is 2.72. The molecule has 2 aliphatic carbocycles. The van der Waals surface area contributed by atoms with Crippen molar-refractivity contribution in [2.45, 2.75) is 57.4 Å². The molecule has 3 rings (SSSR count). The first kappa shape index (κ1) is 11.0. The normalized spacial score (nSPS) is 25.9. The number of aromatic nitrogens is 2. The van der Waals surface area contributed by atoms with Crippen molar-refractivity contribution in [1.29, 1.82) is 0 Å². The molecule has 0 saturated heterocycles.